The first-order valence-electron chi connectivity index (χ1n) is 6.18. The number of carbonyl (C=O) groups is 2. The number of rotatable bonds is 5. The minimum Gasteiger partial charge on any atom is -0.493 e. The SMILES string of the molecule is Nc1cc(N)cc(OCCCN2C(=O)CCC2=O)c1. The normalized spacial score (nSPS) is 15.1. The number of ether oxygens (including phenoxy) is 1. The van der Waals surface area contributed by atoms with Gasteiger partial charge >= 0.3 is 0 Å². The molecule has 0 atom stereocenters. The number of hydrogen-bond acceptors (Lipinski definition) is 5. The molecule has 2 amide bonds. The van der Waals surface area contributed by atoms with E-state index in [2.05, 4.69) is 0 Å². The highest BCUT2D eigenvalue weighted by molar-refractivity contribution is 6.01. The van der Waals surface area contributed by atoms with Gasteiger partial charge < -0.3 is 16.2 Å². The molecule has 1 aromatic carbocycles. The molecule has 0 bridgehead atoms. The lowest BCUT2D eigenvalue weighted by Crippen LogP contribution is -2.30. The molecule has 4 N–H and O–H groups in total. The first-order valence-corrected chi connectivity index (χ1v) is 6.18. The summed E-state index contributed by atoms with van der Waals surface area (Å²) in [5.41, 5.74) is 12.4. The van der Waals surface area contributed by atoms with Gasteiger partial charge in [0, 0.05) is 42.9 Å². The standard InChI is InChI=1S/C13H17N3O3/c14-9-6-10(15)8-11(7-9)19-5-1-4-16-12(17)2-3-13(16)18/h6-8H,1-5,14-15H2. The van der Waals surface area contributed by atoms with Crippen LogP contribution in [0.15, 0.2) is 18.2 Å². The Labute approximate surface area is 111 Å². The van der Waals surface area contributed by atoms with Gasteiger partial charge in [-0.2, -0.15) is 0 Å². The van der Waals surface area contributed by atoms with Gasteiger partial charge in [-0.1, -0.05) is 0 Å². The van der Waals surface area contributed by atoms with Gasteiger partial charge in [0.25, 0.3) is 0 Å². The highest BCUT2D eigenvalue weighted by Gasteiger charge is 2.27. The summed E-state index contributed by atoms with van der Waals surface area (Å²) in [6.07, 6.45) is 1.24. The third-order valence-electron chi connectivity index (χ3n) is 2.90. The van der Waals surface area contributed by atoms with Crippen LogP contribution in [0.3, 0.4) is 0 Å². The predicted molar refractivity (Wildman–Crippen MR) is 71.3 cm³/mol. The maximum absolute atomic E-state index is 11.4. The molecule has 0 aromatic heterocycles. The molecule has 6 heteroatoms. The van der Waals surface area contributed by atoms with Crippen LogP contribution in [0, 0.1) is 0 Å². The van der Waals surface area contributed by atoms with Gasteiger partial charge in [0.05, 0.1) is 6.61 Å². The first-order chi connectivity index (χ1) is 9.06. The van der Waals surface area contributed by atoms with Crippen LogP contribution >= 0.6 is 0 Å². The van der Waals surface area contributed by atoms with Crippen molar-refractivity contribution >= 4 is 23.2 Å². The second kappa shape index (κ2) is 5.60. The molecule has 1 aliphatic rings. The summed E-state index contributed by atoms with van der Waals surface area (Å²) in [4.78, 5) is 24.0. The monoisotopic (exact) mass is 263 g/mol. The summed E-state index contributed by atoms with van der Waals surface area (Å²) in [5.74, 6) is 0.396. The first kappa shape index (κ1) is 13.2. The van der Waals surface area contributed by atoms with Crippen molar-refractivity contribution in [1.29, 1.82) is 0 Å². The molecule has 1 heterocycles. The van der Waals surface area contributed by atoms with Crippen LogP contribution < -0.4 is 16.2 Å². The minimum atomic E-state index is -0.0989. The molecule has 1 saturated heterocycles. The van der Waals surface area contributed by atoms with E-state index in [1.807, 2.05) is 0 Å². The van der Waals surface area contributed by atoms with E-state index < -0.39 is 0 Å². The molecule has 0 aliphatic carbocycles. The van der Waals surface area contributed by atoms with Crippen LogP contribution in [0.1, 0.15) is 19.3 Å². The number of nitrogens with two attached hydrogens (primary N) is 2. The van der Waals surface area contributed by atoms with Crippen LogP contribution in [0.25, 0.3) is 0 Å². The molecule has 19 heavy (non-hydrogen) atoms. The molecule has 0 spiro atoms. The Morgan fingerprint density at radius 3 is 2.21 bits per heavy atom. The average Bonchev–Trinajstić information content (AvgIpc) is 2.64. The molecule has 6 nitrogen and oxygen atoms in total. The molecule has 0 unspecified atom stereocenters. The van der Waals surface area contributed by atoms with E-state index in [0.29, 0.717) is 49.5 Å². The Hall–Kier alpha value is -2.24. The molecule has 1 fully saturated rings. The summed E-state index contributed by atoms with van der Waals surface area (Å²) in [6, 6.07) is 5.01. The number of benzene rings is 1. The quantitative estimate of drug-likeness (QED) is 0.464. The topological polar surface area (TPSA) is 98.6 Å². The second-order valence-corrected chi connectivity index (χ2v) is 4.48. The van der Waals surface area contributed by atoms with Crippen LogP contribution in [0.5, 0.6) is 5.75 Å². The second-order valence-electron chi connectivity index (χ2n) is 4.48. The third kappa shape index (κ3) is 3.37. The zero-order valence-electron chi connectivity index (χ0n) is 10.6. The predicted octanol–water partition coefficient (Wildman–Crippen LogP) is 0.769. The van der Waals surface area contributed by atoms with Crippen molar-refractivity contribution in [3.05, 3.63) is 18.2 Å². The lowest BCUT2D eigenvalue weighted by atomic mass is 10.2. The van der Waals surface area contributed by atoms with Gasteiger partial charge in [-0.15, -0.1) is 0 Å². The van der Waals surface area contributed by atoms with Crippen molar-refractivity contribution < 1.29 is 14.3 Å². The van der Waals surface area contributed by atoms with E-state index in [1.165, 1.54) is 4.90 Å². The molecule has 0 saturated carbocycles. The van der Waals surface area contributed by atoms with E-state index in [0.717, 1.165) is 0 Å². The maximum Gasteiger partial charge on any atom is 0.229 e. The number of carbonyl (C=O) groups excluding carboxylic acids is 2. The number of likely N-dealkylation sites (tertiary alicyclic amines) is 1. The fourth-order valence-electron chi connectivity index (χ4n) is 2.01. The zero-order chi connectivity index (χ0) is 13.8. The number of anilines is 2. The van der Waals surface area contributed by atoms with E-state index in [4.69, 9.17) is 16.2 Å². The van der Waals surface area contributed by atoms with Crippen molar-refractivity contribution in [3.8, 4) is 5.75 Å². The smallest absolute Gasteiger partial charge is 0.229 e. The fraction of sp³-hybridized carbons (Fsp3) is 0.385. The van der Waals surface area contributed by atoms with E-state index >= 15 is 0 Å². The van der Waals surface area contributed by atoms with Crippen molar-refractivity contribution in [3.63, 3.8) is 0 Å². The van der Waals surface area contributed by atoms with E-state index in [-0.39, 0.29) is 11.8 Å². The highest BCUT2D eigenvalue weighted by atomic mass is 16.5. The Kier molecular flexibility index (Phi) is 3.89. The zero-order valence-corrected chi connectivity index (χ0v) is 10.6. The summed E-state index contributed by atoms with van der Waals surface area (Å²) >= 11 is 0. The van der Waals surface area contributed by atoms with Gasteiger partial charge in [0.2, 0.25) is 11.8 Å². The highest BCUT2D eigenvalue weighted by Crippen LogP contribution is 2.20. The van der Waals surface area contributed by atoms with Gasteiger partial charge in [0.15, 0.2) is 0 Å². The Morgan fingerprint density at radius 1 is 1.05 bits per heavy atom. The van der Waals surface area contributed by atoms with Gasteiger partial charge in [0.1, 0.15) is 5.75 Å². The average molecular weight is 263 g/mol. The molecule has 2 rings (SSSR count). The van der Waals surface area contributed by atoms with Crippen LogP contribution in [0.4, 0.5) is 11.4 Å². The molecule has 1 aliphatic heterocycles. The minimum absolute atomic E-state index is 0.0989. The molecule has 1 aromatic rings. The summed E-state index contributed by atoms with van der Waals surface area (Å²) < 4.78 is 5.49. The van der Waals surface area contributed by atoms with Gasteiger partial charge in [-0.3, -0.25) is 14.5 Å². The summed E-state index contributed by atoms with van der Waals surface area (Å²) in [5, 5.41) is 0. The number of imide groups is 1. The lowest BCUT2D eigenvalue weighted by molar-refractivity contribution is -0.138. The number of nitrogen functional groups attached to an aromatic ring is 2. The third-order valence-corrected chi connectivity index (χ3v) is 2.90. The Bertz CT molecular complexity index is 466. The number of nitrogens with zero attached hydrogens (tertiary/aromatic N) is 1. The number of amides is 2. The molecular weight excluding hydrogens is 246 g/mol. The Morgan fingerprint density at radius 2 is 1.63 bits per heavy atom. The van der Waals surface area contributed by atoms with Crippen LogP contribution in [-0.2, 0) is 9.59 Å². The largest absolute Gasteiger partial charge is 0.493 e. The van der Waals surface area contributed by atoms with Crippen LogP contribution in [0.2, 0.25) is 0 Å². The lowest BCUT2D eigenvalue weighted by Gasteiger charge is -2.14. The van der Waals surface area contributed by atoms with Gasteiger partial charge in [-0.25, -0.2) is 0 Å². The Balaban J connectivity index is 1.77. The maximum atomic E-state index is 11.4. The molecular formula is C13H17N3O3. The van der Waals surface area contributed by atoms with E-state index in [9.17, 15) is 9.59 Å². The number of hydrogen-bond donors (Lipinski definition) is 2. The van der Waals surface area contributed by atoms with Crippen molar-refractivity contribution in [1.82, 2.24) is 4.90 Å². The van der Waals surface area contributed by atoms with E-state index in [1.54, 1.807) is 18.2 Å². The fourth-order valence-corrected chi connectivity index (χ4v) is 2.01. The summed E-state index contributed by atoms with van der Waals surface area (Å²) in [7, 11) is 0. The summed E-state index contributed by atoms with van der Waals surface area (Å²) in [6.45, 7) is 0.801. The molecule has 0 radical (unpaired) electrons. The molecule has 102 valence electrons. The van der Waals surface area contributed by atoms with Crippen molar-refractivity contribution in [2.45, 2.75) is 19.3 Å². The van der Waals surface area contributed by atoms with Crippen molar-refractivity contribution in [2.24, 2.45) is 0 Å². The van der Waals surface area contributed by atoms with Gasteiger partial charge in [-0.05, 0) is 12.5 Å². The van der Waals surface area contributed by atoms with Crippen molar-refractivity contribution in [2.75, 3.05) is 24.6 Å². The van der Waals surface area contributed by atoms with Crippen LogP contribution in [-0.4, -0.2) is 29.9 Å².